The van der Waals surface area contributed by atoms with E-state index in [-0.39, 0.29) is 0 Å². The lowest BCUT2D eigenvalue weighted by molar-refractivity contribution is 0.585. The van der Waals surface area contributed by atoms with Crippen LogP contribution in [0, 0.1) is 6.92 Å². The van der Waals surface area contributed by atoms with Gasteiger partial charge in [-0.25, -0.2) is 0 Å². The zero-order chi connectivity index (χ0) is 16.2. The van der Waals surface area contributed by atoms with Crippen LogP contribution >= 0.6 is 0 Å². The van der Waals surface area contributed by atoms with Gasteiger partial charge in [-0.3, -0.25) is 0 Å². The molecular formula is C21H38. The molecule has 1 aromatic rings. The van der Waals surface area contributed by atoms with Crippen LogP contribution in [0.5, 0.6) is 0 Å². The Balaban J connectivity index is 0. The maximum absolute atomic E-state index is 2.27. The molecule has 0 aliphatic heterocycles. The average Bonchev–Trinajstić information content (AvgIpc) is 2.52. The monoisotopic (exact) mass is 290 g/mol. The van der Waals surface area contributed by atoms with Crippen molar-refractivity contribution in [2.75, 3.05) is 0 Å². The second-order valence-corrected chi connectivity index (χ2v) is 5.44. The van der Waals surface area contributed by atoms with Gasteiger partial charge in [0.1, 0.15) is 0 Å². The van der Waals surface area contributed by atoms with Crippen molar-refractivity contribution in [1.82, 2.24) is 0 Å². The van der Waals surface area contributed by atoms with E-state index in [1.54, 1.807) is 0 Å². The Hall–Kier alpha value is -1.04. The zero-order valence-corrected chi connectivity index (χ0v) is 15.2. The summed E-state index contributed by atoms with van der Waals surface area (Å²) in [6.07, 6.45) is 15.5. The normalized spacial score (nSPS) is 9.57. The van der Waals surface area contributed by atoms with Crippen molar-refractivity contribution in [1.29, 1.82) is 0 Å². The Kier molecular flexibility index (Phi) is 22.5. The summed E-state index contributed by atoms with van der Waals surface area (Å²) in [6.45, 7) is 10.6. The molecule has 1 rings (SSSR count). The number of hydrogen-bond acceptors (Lipinski definition) is 0. The van der Waals surface area contributed by atoms with Crippen LogP contribution in [0.2, 0.25) is 0 Å². The Morgan fingerprint density at radius 3 is 1.29 bits per heavy atom. The summed E-state index contributed by atoms with van der Waals surface area (Å²) in [5.41, 5.74) is 1.32. The predicted molar refractivity (Wildman–Crippen MR) is 100.0 cm³/mol. The Bertz CT molecular complexity index is 272. The van der Waals surface area contributed by atoms with Gasteiger partial charge in [-0.15, -0.1) is 0 Å². The minimum atomic E-state index is 1.32. The van der Waals surface area contributed by atoms with Gasteiger partial charge in [-0.2, -0.15) is 0 Å². The van der Waals surface area contributed by atoms with Crippen molar-refractivity contribution in [2.24, 2.45) is 0 Å². The summed E-state index contributed by atoms with van der Waals surface area (Å²) in [4.78, 5) is 0. The number of hydrogen-bond donors (Lipinski definition) is 0. The van der Waals surface area contributed by atoms with Crippen molar-refractivity contribution in [3.8, 4) is 0 Å². The standard InChI is InChI=1S/C10H22.C7H8.C4H8/c1-3-5-7-9-10-8-6-4-2;1-7-5-3-2-4-6-7;1-3-4-2/h3-10H2,1-2H3;2-6H,1H3;3-4H,1-2H3. The van der Waals surface area contributed by atoms with Crippen LogP contribution in [0.25, 0.3) is 0 Å². The van der Waals surface area contributed by atoms with Crippen LogP contribution in [0.15, 0.2) is 42.5 Å². The van der Waals surface area contributed by atoms with Gasteiger partial charge < -0.3 is 0 Å². The molecule has 0 spiro atoms. The molecule has 0 aliphatic rings. The van der Waals surface area contributed by atoms with E-state index < -0.39 is 0 Å². The molecule has 0 nitrogen and oxygen atoms in total. The molecule has 1 aromatic carbocycles. The number of unbranched alkanes of at least 4 members (excludes halogenated alkanes) is 7. The first kappa shape index (κ1) is 22.2. The molecular weight excluding hydrogens is 252 g/mol. The lowest BCUT2D eigenvalue weighted by Gasteiger charge is -1.97. The van der Waals surface area contributed by atoms with Crippen molar-refractivity contribution in [3.05, 3.63) is 48.0 Å². The molecule has 0 amide bonds. The van der Waals surface area contributed by atoms with Gasteiger partial charge in [0.15, 0.2) is 0 Å². The molecule has 0 aromatic heterocycles. The summed E-state index contributed by atoms with van der Waals surface area (Å²) >= 11 is 0. The number of benzene rings is 1. The minimum Gasteiger partial charge on any atom is -0.0919 e. The molecule has 0 saturated heterocycles. The van der Waals surface area contributed by atoms with Gasteiger partial charge in [0.25, 0.3) is 0 Å². The molecule has 0 fully saturated rings. The molecule has 0 heterocycles. The molecule has 0 N–H and O–H groups in total. The third kappa shape index (κ3) is 24.4. The van der Waals surface area contributed by atoms with E-state index >= 15 is 0 Å². The Morgan fingerprint density at radius 1 is 0.667 bits per heavy atom. The SMILES string of the molecule is CC=CC.CCCCCCCCCC.Cc1ccccc1. The van der Waals surface area contributed by atoms with E-state index in [2.05, 4.69) is 32.9 Å². The highest BCUT2D eigenvalue weighted by atomic mass is 13.9. The van der Waals surface area contributed by atoms with Crippen LogP contribution in [0.4, 0.5) is 0 Å². The molecule has 0 saturated carbocycles. The lowest BCUT2D eigenvalue weighted by Crippen LogP contribution is -1.77. The fourth-order valence-electron chi connectivity index (χ4n) is 1.74. The largest absolute Gasteiger partial charge is 0.0919 e. The number of allylic oxidation sites excluding steroid dienone is 2. The van der Waals surface area contributed by atoms with Crippen LogP contribution in [-0.4, -0.2) is 0 Å². The second kappa shape index (κ2) is 21.3. The quantitative estimate of drug-likeness (QED) is 0.356. The molecule has 0 aliphatic carbocycles. The summed E-state index contributed by atoms with van der Waals surface area (Å²) in [7, 11) is 0. The molecule has 0 unspecified atom stereocenters. The van der Waals surface area contributed by atoms with Gasteiger partial charge in [0.05, 0.1) is 0 Å². The molecule has 122 valence electrons. The first-order valence-corrected chi connectivity index (χ1v) is 8.81. The van der Waals surface area contributed by atoms with Crippen LogP contribution < -0.4 is 0 Å². The predicted octanol–water partition coefficient (Wildman–Crippen LogP) is 7.72. The van der Waals surface area contributed by atoms with Crippen molar-refractivity contribution < 1.29 is 0 Å². The fraction of sp³-hybridized carbons (Fsp3) is 0.619. The topological polar surface area (TPSA) is 0 Å². The minimum absolute atomic E-state index is 1.32. The maximum Gasteiger partial charge on any atom is -0.0398 e. The van der Waals surface area contributed by atoms with Crippen LogP contribution in [0.3, 0.4) is 0 Å². The summed E-state index contributed by atoms with van der Waals surface area (Å²) in [5, 5.41) is 0. The summed E-state index contributed by atoms with van der Waals surface area (Å²) < 4.78 is 0. The van der Waals surface area contributed by atoms with Crippen LogP contribution in [-0.2, 0) is 0 Å². The number of aryl methyl sites for hydroxylation is 1. The van der Waals surface area contributed by atoms with E-state index in [1.807, 2.05) is 44.2 Å². The maximum atomic E-state index is 2.27. The Morgan fingerprint density at radius 2 is 1.05 bits per heavy atom. The summed E-state index contributed by atoms with van der Waals surface area (Å²) in [5.74, 6) is 0. The van der Waals surface area contributed by atoms with E-state index in [4.69, 9.17) is 0 Å². The van der Waals surface area contributed by atoms with Gasteiger partial charge in [0.2, 0.25) is 0 Å². The average molecular weight is 291 g/mol. The molecule has 0 atom stereocenters. The fourth-order valence-corrected chi connectivity index (χ4v) is 1.74. The van der Waals surface area contributed by atoms with E-state index in [9.17, 15) is 0 Å². The van der Waals surface area contributed by atoms with Crippen molar-refractivity contribution >= 4 is 0 Å². The first-order valence-electron chi connectivity index (χ1n) is 8.81. The third-order valence-electron chi connectivity index (χ3n) is 3.23. The van der Waals surface area contributed by atoms with E-state index in [0.29, 0.717) is 0 Å². The van der Waals surface area contributed by atoms with Gasteiger partial charge >= 0.3 is 0 Å². The van der Waals surface area contributed by atoms with E-state index in [0.717, 1.165) is 0 Å². The van der Waals surface area contributed by atoms with Crippen molar-refractivity contribution in [3.63, 3.8) is 0 Å². The second-order valence-electron chi connectivity index (χ2n) is 5.44. The summed E-state index contributed by atoms with van der Waals surface area (Å²) in [6, 6.07) is 10.3. The molecule has 0 radical (unpaired) electrons. The first-order chi connectivity index (χ1) is 10.2. The highest BCUT2D eigenvalue weighted by molar-refractivity contribution is 5.11. The third-order valence-corrected chi connectivity index (χ3v) is 3.23. The zero-order valence-electron chi connectivity index (χ0n) is 15.2. The molecule has 0 bridgehead atoms. The van der Waals surface area contributed by atoms with Gasteiger partial charge in [-0.05, 0) is 20.8 Å². The van der Waals surface area contributed by atoms with E-state index in [1.165, 1.54) is 56.9 Å². The van der Waals surface area contributed by atoms with Gasteiger partial charge in [-0.1, -0.05) is 113 Å². The van der Waals surface area contributed by atoms with Crippen LogP contribution in [0.1, 0.15) is 84.6 Å². The Labute approximate surface area is 134 Å². The number of rotatable bonds is 7. The molecule has 21 heavy (non-hydrogen) atoms. The highest BCUT2D eigenvalue weighted by Gasteiger charge is 1.87. The smallest absolute Gasteiger partial charge is 0.0398 e. The lowest BCUT2D eigenvalue weighted by atomic mass is 10.1. The highest BCUT2D eigenvalue weighted by Crippen LogP contribution is 2.07. The molecule has 0 heteroatoms. The van der Waals surface area contributed by atoms with Crippen molar-refractivity contribution in [2.45, 2.75) is 86.0 Å². The van der Waals surface area contributed by atoms with Gasteiger partial charge in [0, 0.05) is 0 Å².